The van der Waals surface area contributed by atoms with Crippen LogP contribution >= 0.6 is 23.2 Å². The Morgan fingerprint density at radius 2 is 1.62 bits per heavy atom. The SMILES string of the molecule is O=C(CCCC(=O)OCCCc1ccccc1)Nc1cc(Cl)cc(Cl)c1. The fraction of sp³-hybridized carbons (Fsp3) is 0.300. The lowest BCUT2D eigenvalue weighted by atomic mass is 10.1. The number of halogens is 2. The molecule has 0 aromatic heterocycles. The van der Waals surface area contributed by atoms with E-state index in [4.69, 9.17) is 27.9 Å². The summed E-state index contributed by atoms with van der Waals surface area (Å²) in [6.07, 6.45) is 2.53. The third kappa shape index (κ3) is 7.89. The van der Waals surface area contributed by atoms with Crippen LogP contribution < -0.4 is 5.32 Å². The average molecular weight is 394 g/mol. The van der Waals surface area contributed by atoms with Crippen molar-refractivity contribution in [3.63, 3.8) is 0 Å². The molecule has 0 bridgehead atoms. The number of aryl methyl sites for hydroxylation is 1. The molecule has 0 fully saturated rings. The van der Waals surface area contributed by atoms with Crippen molar-refractivity contribution >= 4 is 40.8 Å². The largest absolute Gasteiger partial charge is 0.466 e. The second kappa shape index (κ2) is 10.8. The molecule has 0 unspecified atom stereocenters. The van der Waals surface area contributed by atoms with Crippen molar-refractivity contribution in [2.45, 2.75) is 32.1 Å². The zero-order valence-corrected chi connectivity index (χ0v) is 15.9. The van der Waals surface area contributed by atoms with Crippen LogP contribution in [0.4, 0.5) is 5.69 Å². The maximum absolute atomic E-state index is 11.9. The summed E-state index contributed by atoms with van der Waals surface area (Å²) in [5, 5.41) is 3.61. The number of ether oxygens (including phenoxy) is 1. The van der Waals surface area contributed by atoms with Crippen molar-refractivity contribution in [2.75, 3.05) is 11.9 Å². The molecule has 138 valence electrons. The molecule has 0 aliphatic heterocycles. The van der Waals surface area contributed by atoms with Gasteiger partial charge in [0.05, 0.1) is 6.61 Å². The van der Waals surface area contributed by atoms with Gasteiger partial charge in [-0.15, -0.1) is 0 Å². The molecule has 0 aliphatic rings. The van der Waals surface area contributed by atoms with Gasteiger partial charge in [-0.3, -0.25) is 9.59 Å². The first kappa shape index (κ1) is 20.3. The first-order valence-corrected chi connectivity index (χ1v) is 9.24. The van der Waals surface area contributed by atoms with E-state index in [1.807, 2.05) is 30.3 Å². The molecule has 0 aliphatic carbocycles. The first-order chi connectivity index (χ1) is 12.5. The van der Waals surface area contributed by atoms with E-state index in [0.29, 0.717) is 28.8 Å². The van der Waals surface area contributed by atoms with Crippen LogP contribution in [-0.4, -0.2) is 18.5 Å². The highest BCUT2D eigenvalue weighted by Gasteiger charge is 2.08. The molecule has 0 atom stereocenters. The fourth-order valence-electron chi connectivity index (χ4n) is 2.42. The summed E-state index contributed by atoms with van der Waals surface area (Å²) in [4.78, 5) is 23.6. The summed E-state index contributed by atoms with van der Waals surface area (Å²) in [6.45, 7) is 0.390. The number of benzene rings is 2. The van der Waals surface area contributed by atoms with Crippen molar-refractivity contribution < 1.29 is 14.3 Å². The van der Waals surface area contributed by atoms with Gasteiger partial charge in [-0.25, -0.2) is 0 Å². The van der Waals surface area contributed by atoms with Gasteiger partial charge in [-0.05, 0) is 43.0 Å². The normalized spacial score (nSPS) is 10.4. The molecule has 2 aromatic carbocycles. The molecule has 1 amide bonds. The Kier molecular flexibility index (Phi) is 8.45. The summed E-state index contributed by atoms with van der Waals surface area (Å²) < 4.78 is 5.19. The number of anilines is 1. The number of esters is 1. The number of hydrogen-bond acceptors (Lipinski definition) is 3. The molecule has 0 spiro atoms. The van der Waals surface area contributed by atoms with Gasteiger partial charge in [0.1, 0.15) is 0 Å². The molecule has 2 rings (SSSR count). The predicted octanol–water partition coefficient (Wildman–Crippen LogP) is 5.28. The zero-order valence-electron chi connectivity index (χ0n) is 14.3. The maximum Gasteiger partial charge on any atom is 0.305 e. The summed E-state index contributed by atoms with van der Waals surface area (Å²) >= 11 is 11.8. The quantitative estimate of drug-likeness (QED) is 0.465. The summed E-state index contributed by atoms with van der Waals surface area (Å²) in [5.74, 6) is -0.475. The summed E-state index contributed by atoms with van der Waals surface area (Å²) in [6, 6.07) is 14.9. The standard InChI is InChI=1S/C20H21Cl2NO3/c21-16-12-17(22)14-18(13-16)23-19(24)9-4-10-20(25)26-11-5-8-15-6-2-1-3-7-15/h1-3,6-7,12-14H,4-5,8-11H2,(H,23,24). The molecule has 26 heavy (non-hydrogen) atoms. The molecule has 0 saturated carbocycles. The molecule has 4 nitrogen and oxygen atoms in total. The van der Waals surface area contributed by atoms with Gasteiger partial charge in [0.15, 0.2) is 0 Å². The molecule has 0 radical (unpaired) electrons. The Balaban J connectivity index is 1.58. The molecular weight excluding hydrogens is 373 g/mol. The lowest BCUT2D eigenvalue weighted by Gasteiger charge is -2.07. The highest BCUT2D eigenvalue weighted by molar-refractivity contribution is 6.35. The third-order valence-corrected chi connectivity index (χ3v) is 4.08. The van der Waals surface area contributed by atoms with E-state index in [9.17, 15) is 9.59 Å². The van der Waals surface area contributed by atoms with Crippen LogP contribution in [0, 0.1) is 0 Å². The van der Waals surface area contributed by atoms with E-state index < -0.39 is 0 Å². The number of hydrogen-bond donors (Lipinski definition) is 1. The lowest BCUT2D eigenvalue weighted by molar-refractivity contribution is -0.143. The van der Waals surface area contributed by atoms with E-state index in [1.165, 1.54) is 5.56 Å². The van der Waals surface area contributed by atoms with Gasteiger partial charge in [0, 0.05) is 28.6 Å². The second-order valence-electron chi connectivity index (χ2n) is 5.87. The van der Waals surface area contributed by atoms with Gasteiger partial charge >= 0.3 is 5.97 Å². The van der Waals surface area contributed by atoms with Gasteiger partial charge in [-0.2, -0.15) is 0 Å². The topological polar surface area (TPSA) is 55.4 Å². The van der Waals surface area contributed by atoms with Crippen LogP contribution in [0.5, 0.6) is 0 Å². The van der Waals surface area contributed by atoms with Crippen LogP contribution in [0.3, 0.4) is 0 Å². The Hall–Kier alpha value is -2.04. The first-order valence-electron chi connectivity index (χ1n) is 8.48. The maximum atomic E-state index is 11.9. The van der Waals surface area contributed by atoms with Crippen molar-refractivity contribution in [1.29, 1.82) is 0 Å². The number of amides is 1. The lowest BCUT2D eigenvalue weighted by Crippen LogP contribution is -2.13. The van der Waals surface area contributed by atoms with Crippen LogP contribution in [0.1, 0.15) is 31.2 Å². The van der Waals surface area contributed by atoms with E-state index in [-0.39, 0.29) is 24.7 Å². The Morgan fingerprint density at radius 3 is 2.31 bits per heavy atom. The van der Waals surface area contributed by atoms with Crippen LogP contribution in [0.15, 0.2) is 48.5 Å². The molecular formula is C20H21Cl2NO3. The van der Waals surface area contributed by atoms with Crippen molar-refractivity contribution in [2.24, 2.45) is 0 Å². The minimum absolute atomic E-state index is 0.194. The smallest absolute Gasteiger partial charge is 0.305 e. The fourth-order valence-corrected chi connectivity index (χ4v) is 2.95. The van der Waals surface area contributed by atoms with Gasteiger partial charge in [-0.1, -0.05) is 53.5 Å². The molecule has 6 heteroatoms. The van der Waals surface area contributed by atoms with E-state index >= 15 is 0 Å². The van der Waals surface area contributed by atoms with E-state index in [2.05, 4.69) is 5.32 Å². The predicted molar refractivity (Wildman–Crippen MR) is 105 cm³/mol. The third-order valence-electron chi connectivity index (χ3n) is 3.65. The van der Waals surface area contributed by atoms with Gasteiger partial charge < -0.3 is 10.1 Å². The average Bonchev–Trinajstić information content (AvgIpc) is 2.58. The molecule has 1 N–H and O–H groups in total. The minimum Gasteiger partial charge on any atom is -0.466 e. The Labute approximate surface area is 163 Å². The van der Waals surface area contributed by atoms with Gasteiger partial charge in [0.2, 0.25) is 5.91 Å². The monoisotopic (exact) mass is 393 g/mol. The van der Waals surface area contributed by atoms with Gasteiger partial charge in [0.25, 0.3) is 0 Å². The highest BCUT2D eigenvalue weighted by atomic mass is 35.5. The second-order valence-corrected chi connectivity index (χ2v) is 6.74. The van der Waals surface area contributed by atoms with Crippen LogP contribution in [0.25, 0.3) is 0 Å². The number of rotatable bonds is 9. The number of carbonyl (C=O) groups is 2. The summed E-state index contributed by atoms with van der Waals surface area (Å²) in [5.41, 5.74) is 1.76. The van der Waals surface area contributed by atoms with E-state index in [1.54, 1.807) is 18.2 Å². The van der Waals surface area contributed by atoms with E-state index in [0.717, 1.165) is 12.8 Å². The highest BCUT2D eigenvalue weighted by Crippen LogP contribution is 2.22. The Bertz CT molecular complexity index is 715. The minimum atomic E-state index is -0.281. The van der Waals surface area contributed by atoms with Crippen LogP contribution in [0.2, 0.25) is 10.0 Å². The number of nitrogens with one attached hydrogen (secondary N) is 1. The van der Waals surface area contributed by atoms with Crippen molar-refractivity contribution in [3.05, 3.63) is 64.1 Å². The molecule has 2 aromatic rings. The summed E-state index contributed by atoms with van der Waals surface area (Å²) in [7, 11) is 0. The molecule has 0 saturated heterocycles. The molecule has 0 heterocycles. The van der Waals surface area contributed by atoms with Crippen molar-refractivity contribution in [1.82, 2.24) is 0 Å². The van der Waals surface area contributed by atoms with Crippen molar-refractivity contribution in [3.8, 4) is 0 Å². The Morgan fingerprint density at radius 1 is 0.923 bits per heavy atom. The van der Waals surface area contributed by atoms with Crippen LogP contribution in [-0.2, 0) is 20.7 Å². The zero-order chi connectivity index (χ0) is 18.8. The number of carbonyl (C=O) groups excluding carboxylic acids is 2.